The fourth-order valence-electron chi connectivity index (χ4n) is 1.60. The zero-order valence-electron chi connectivity index (χ0n) is 11.2. The maximum Gasteiger partial charge on any atom is 0.271 e. The van der Waals surface area contributed by atoms with Gasteiger partial charge in [-0.3, -0.25) is 14.9 Å². The highest BCUT2D eigenvalue weighted by molar-refractivity contribution is 6.30. The number of phenols is 1. The van der Waals surface area contributed by atoms with Gasteiger partial charge in [0.2, 0.25) is 0 Å². The molecule has 0 aromatic heterocycles. The lowest BCUT2D eigenvalue weighted by Gasteiger charge is -2.08. The summed E-state index contributed by atoms with van der Waals surface area (Å²) in [4.78, 5) is 21.8. The molecule has 0 heterocycles. The normalized spacial score (nSPS) is 10.0. The van der Waals surface area contributed by atoms with Gasteiger partial charge in [0.15, 0.2) is 6.61 Å². The number of halogens is 1. The predicted molar refractivity (Wildman–Crippen MR) is 80.3 cm³/mol. The third-order valence-corrected chi connectivity index (χ3v) is 2.90. The molecule has 0 saturated heterocycles. The molecule has 0 saturated carbocycles. The third-order valence-electron chi connectivity index (χ3n) is 2.65. The number of nitrogens with zero attached hydrogens (tertiary/aromatic N) is 1. The van der Waals surface area contributed by atoms with Gasteiger partial charge >= 0.3 is 0 Å². The van der Waals surface area contributed by atoms with Crippen molar-refractivity contribution in [2.24, 2.45) is 0 Å². The molecule has 2 N–H and O–H groups in total. The molecular formula is C14H11ClN2O5. The van der Waals surface area contributed by atoms with E-state index in [0.717, 1.165) is 18.2 Å². The maximum absolute atomic E-state index is 11.7. The van der Waals surface area contributed by atoms with Gasteiger partial charge in [-0.2, -0.15) is 0 Å². The second-order valence-electron chi connectivity index (χ2n) is 4.25. The molecule has 0 aliphatic heterocycles. The molecule has 7 nitrogen and oxygen atoms in total. The molecule has 0 aliphatic carbocycles. The Labute approximate surface area is 130 Å². The van der Waals surface area contributed by atoms with Crippen molar-refractivity contribution in [1.82, 2.24) is 0 Å². The van der Waals surface area contributed by atoms with E-state index in [1.54, 1.807) is 24.3 Å². The highest BCUT2D eigenvalue weighted by Crippen LogP contribution is 2.27. The third kappa shape index (κ3) is 4.10. The van der Waals surface area contributed by atoms with Crippen LogP contribution in [0.3, 0.4) is 0 Å². The fourth-order valence-corrected chi connectivity index (χ4v) is 1.73. The van der Waals surface area contributed by atoms with Crippen LogP contribution in [0.15, 0.2) is 42.5 Å². The van der Waals surface area contributed by atoms with Crippen LogP contribution in [0.4, 0.5) is 11.4 Å². The molecule has 114 valence electrons. The van der Waals surface area contributed by atoms with Crippen LogP contribution in [0.5, 0.6) is 11.5 Å². The van der Waals surface area contributed by atoms with Gasteiger partial charge in [-0.25, -0.2) is 0 Å². The van der Waals surface area contributed by atoms with Gasteiger partial charge in [-0.15, -0.1) is 0 Å². The topological polar surface area (TPSA) is 102 Å². The van der Waals surface area contributed by atoms with Crippen LogP contribution in [0, 0.1) is 10.1 Å². The number of carbonyl (C=O) groups is 1. The first-order valence-electron chi connectivity index (χ1n) is 6.11. The molecule has 0 unspecified atom stereocenters. The van der Waals surface area contributed by atoms with Crippen LogP contribution < -0.4 is 10.1 Å². The van der Waals surface area contributed by atoms with Gasteiger partial charge in [-0.1, -0.05) is 11.6 Å². The van der Waals surface area contributed by atoms with Crippen LogP contribution in [0.2, 0.25) is 5.02 Å². The first-order chi connectivity index (χ1) is 10.5. The van der Waals surface area contributed by atoms with Crippen molar-refractivity contribution in [3.63, 3.8) is 0 Å². The van der Waals surface area contributed by atoms with E-state index in [1.165, 1.54) is 0 Å². The van der Waals surface area contributed by atoms with Crippen LogP contribution in [-0.4, -0.2) is 22.5 Å². The Kier molecular flexibility index (Phi) is 4.80. The number of rotatable bonds is 5. The van der Waals surface area contributed by atoms with Crippen LogP contribution in [0.25, 0.3) is 0 Å². The summed E-state index contributed by atoms with van der Waals surface area (Å²) in [7, 11) is 0. The first-order valence-corrected chi connectivity index (χ1v) is 6.49. The monoisotopic (exact) mass is 322 g/mol. The number of nitro benzene ring substituents is 1. The Bertz CT molecular complexity index is 703. The average Bonchev–Trinajstić information content (AvgIpc) is 2.48. The molecule has 2 aromatic rings. The standard InChI is InChI=1S/C14H11ClN2O5/c15-9-1-4-11(5-2-9)22-8-14(19)16-12-7-10(17(20)21)3-6-13(12)18/h1-7,18H,8H2,(H,16,19). The lowest BCUT2D eigenvalue weighted by molar-refractivity contribution is -0.384. The lowest BCUT2D eigenvalue weighted by atomic mass is 10.2. The highest BCUT2D eigenvalue weighted by atomic mass is 35.5. The van der Waals surface area contributed by atoms with E-state index in [1.807, 2.05) is 0 Å². The van der Waals surface area contributed by atoms with Crippen molar-refractivity contribution in [3.8, 4) is 11.5 Å². The number of aromatic hydroxyl groups is 1. The fraction of sp³-hybridized carbons (Fsp3) is 0.0714. The first kappa shape index (κ1) is 15.6. The van der Waals surface area contributed by atoms with Crippen molar-refractivity contribution in [2.75, 3.05) is 11.9 Å². The molecule has 0 radical (unpaired) electrons. The molecule has 0 spiro atoms. The van der Waals surface area contributed by atoms with Gasteiger partial charge in [0.05, 0.1) is 10.6 Å². The van der Waals surface area contributed by atoms with Gasteiger partial charge in [0.1, 0.15) is 11.5 Å². The zero-order chi connectivity index (χ0) is 16.1. The van der Waals surface area contributed by atoms with Crippen molar-refractivity contribution in [3.05, 3.63) is 57.6 Å². The molecule has 0 atom stereocenters. The smallest absolute Gasteiger partial charge is 0.271 e. The Hall–Kier alpha value is -2.80. The number of amides is 1. The molecule has 1 amide bonds. The van der Waals surface area contributed by atoms with Gasteiger partial charge in [0, 0.05) is 17.2 Å². The largest absolute Gasteiger partial charge is 0.506 e. The average molecular weight is 323 g/mol. The Morgan fingerprint density at radius 1 is 1.27 bits per heavy atom. The van der Waals surface area contributed by atoms with Gasteiger partial charge in [-0.05, 0) is 30.3 Å². The second kappa shape index (κ2) is 6.77. The van der Waals surface area contributed by atoms with E-state index in [9.17, 15) is 20.0 Å². The summed E-state index contributed by atoms with van der Waals surface area (Å²) in [5, 5.41) is 23.1. The quantitative estimate of drug-likeness (QED) is 0.500. The summed E-state index contributed by atoms with van der Waals surface area (Å²) in [6.07, 6.45) is 0. The predicted octanol–water partition coefficient (Wildman–Crippen LogP) is 2.97. The van der Waals surface area contributed by atoms with Crippen LogP contribution >= 0.6 is 11.6 Å². The Balaban J connectivity index is 1.98. The van der Waals surface area contributed by atoms with Crippen LogP contribution in [0.1, 0.15) is 0 Å². The minimum Gasteiger partial charge on any atom is -0.506 e. The molecular weight excluding hydrogens is 312 g/mol. The van der Waals surface area contributed by atoms with E-state index in [0.29, 0.717) is 10.8 Å². The summed E-state index contributed by atoms with van der Waals surface area (Å²) < 4.78 is 5.23. The zero-order valence-corrected chi connectivity index (χ0v) is 11.9. The number of nitro groups is 1. The number of hydrogen-bond acceptors (Lipinski definition) is 5. The number of anilines is 1. The van der Waals surface area contributed by atoms with Crippen molar-refractivity contribution in [2.45, 2.75) is 0 Å². The number of non-ortho nitro benzene ring substituents is 1. The minimum atomic E-state index is -0.626. The molecule has 2 aromatic carbocycles. The van der Waals surface area contributed by atoms with Crippen LogP contribution in [-0.2, 0) is 4.79 Å². The Morgan fingerprint density at radius 2 is 1.95 bits per heavy atom. The van der Waals surface area contributed by atoms with Crippen molar-refractivity contribution < 1.29 is 19.6 Å². The summed E-state index contributed by atoms with van der Waals surface area (Å²) in [5.41, 5.74) is -0.300. The Morgan fingerprint density at radius 3 is 2.59 bits per heavy atom. The number of hydrogen-bond donors (Lipinski definition) is 2. The molecule has 8 heteroatoms. The highest BCUT2D eigenvalue weighted by Gasteiger charge is 2.13. The molecule has 0 aliphatic rings. The SMILES string of the molecule is O=C(COc1ccc(Cl)cc1)Nc1cc([N+](=O)[O-])ccc1O. The van der Waals surface area contributed by atoms with E-state index < -0.39 is 10.8 Å². The van der Waals surface area contributed by atoms with E-state index in [2.05, 4.69) is 5.32 Å². The molecule has 2 rings (SSSR count). The van der Waals surface area contributed by atoms with E-state index in [-0.39, 0.29) is 23.7 Å². The number of ether oxygens (including phenoxy) is 1. The summed E-state index contributed by atoms with van der Waals surface area (Å²) in [5.74, 6) is -0.390. The summed E-state index contributed by atoms with van der Waals surface area (Å²) in [6, 6.07) is 9.75. The van der Waals surface area contributed by atoms with Crippen molar-refractivity contribution >= 4 is 28.9 Å². The molecule has 0 fully saturated rings. The second-order valence-corrected chi connectivity index (χ2v) is 4.69. The van der Waals surface area contributed by atoms with E-state index >= 15 is 0 Å². The number of nitrogens with one attached hydrogen (secondary N) is 1. The molecule has 22 heavy (non-hydrogen) atoms. The van der Waals surface area contributed by atoms with E-state index in [4.69, 9.17) is 16.3 Å². The lowest BCUT2D eigenvalue weighted by Crippen LogP contribution is -2.20. The maximum atomic E-state index is 11.7. The van der Waals surface area contributed by atoms with Gasteiger partial charge < -0.3 is 15.2 Å². The number of phenolic OH excluding ortho intramolecular Hbond substituents is 1. The van der Waals surface area contributed by atoms with Crippen molar-refractivity contribution in [1.29, 1.82) is 0 Å². The molecule has 0 bridgehead atoms. The minimum absolute atomic E-state index is 0.0566. The summed E-state index contributed by atoms with van der Waals surface area (Å²) >= 11 is 5.72. The number of benzene rings is 2. The number of carbonyl (C=O) groups excluding carboxylic acids is 1. The summed E-state index contributed by atoms with van der Waals surface area (Å²) in [6.45, 7) is -0.316. The van der Waals surface area contributed by atoms with Gasteiger partial charge in [0.25, 0.3) is 11.6 Å².